The van der Waals surface area contributed by atoms with Crippen LogP contribution >= 0.6 is 0 Å². The van der Waals surface area contributed by atoms with E-state index >= 15 is 0 Å². The molecule has 24 heavy (non-hydrogen) atoms. The molecular weight excluding hydrogens is 326 g/mol. The van der Waals surface area contributed by atoms with Crippen molar-refractivity contribution in [2.45, 2.75) is 12.8 Å². The second-order valence-electron chi connectivity index (χ2n) is 5.95. The van der Waals surface area contributed by atoms with Crippen molar-refractivity contribution in [3.63, 3.8) is 0 Å². The lowest BCUT2D eigenvalue weighted by atomic mass is 9.97. The summed E-state index contributed by atoms with van der Waals surface area (Å²) in [6.45, 7) is 2.07. The Labute approximate surface area is 142 Å². The van der Waals surface area contributed by atoms with Gasteiger partial charge >= 0.3 is 0 Å². The van der Waals surface area contributed by atoms with Crippen LogP contribution in [0, 0.1) is 5.92 Å². The Balaban J connectivity index is 1.63. The minimum absolute atomic E-state index is 0.301. The number of hydrogen-bond acceptors (Lipinski definition) is 5. The van der Waals surface area contributed by atoms with E-state index < -0.39 is 10.2 Å². The predicted octanol–water partition coefficient (Wildman–Crippen LogP) is 1.15. The van der Waals surface area contributed by atoms with E-state index in [1.165, 1.54) is 0 Å². The predicted molar refractivity (Wildman–Crippen MR) is 93.5 cm³/mol. The van der Waals surface area contributed by atoms with Gasteiger partial charge < -0.3 is 4.90 Å². The summed E-state index contributed by atoms with van der Waals surface area (Å²) in [5, 5.41) is 4.98. The molecule has 8 heteroatoms. The molecule has 1 fully saturated rings. The molecule has 0 radical (unpaired) electrons. The Morgan fingerprint density at radius 1 is 1.17 bits per heavy atom. The van der Waals surface area contributed by atoms with E-state index in [9.17, 15) is 8.42 Å². The fourth-order valence-electron chi connectivity index (χ4n) is 2.89. The van der Waals surface area contributed by atoms with E-state index in [1.807, 2.05) is 36.4 Å². The van der Waals surface area contributed by atoms with Crippen molar-refractivity contribution in [2.75, 3.05) is 24.5 Å². The third kappa shape index (κ3) is 4.50. The Morgan fingerprint density at radius 2 is 1.88 bits per heavy atom. The van der Waals surface area contributed by atoms with Gasteiger partial charge in [-0.15, -0.1) is 0 Å². The van der Waals surface area contributed by atoms with Crippen molar-refractivity contribution in [3.05, 3.63) is 42.7 Å². The Kier molecular flexibility index (Phi) is 5.08. The van der Waals surface area contributed by atoms with Crippen LogP contribution in [0.3, 0.4) is 0 Å². The fourth-order valence-corrected chi connectivity index (χ4v) is 3.35. The molecule has 0 atom stereocenters. The molecule has 0 spiro atoms. The highest BCUT2D eigenvalue weighted by atomic mass is 32.2. The Hall–Kier alpha value is -2.03. The highest BCUT2D eigenvalue weighted by Crippen LogP contribution is 2.24. The monoisotopic (exact) mass is 347 g/mol. The number of hydrogen-bond donors (Lipinski definition) is 2. The van der Waals surface area contributed by atoms with Gasteiger partial charge in [0, 0.05) is 31.3 Å². The average Bonchev–Trinajstić information content (AvgIpc) is 2.61. The zero-order valence-corrected chi connectivity index (χ0v) is 14.1. The van der Waals surface area contributed by atoms with Gasteiger partial charge in [-0.25, -0.2) is 19.8 Å². The number of rotatable bonds is 5. The van der Waals surface area contributed by atoms with Gasteiger partial charge in [0.2, 0.25) is 0 Å². The summed E-state index contributed by atoms with van der Waals surface area (Å²) in [7, 11) is -3.61. The second kappa shape index (κ2) is 7.25. The van der Waals surface area contributed by atoms with E-state index in [1.54, 1.807) is 6.33 Å². The molecule has 0 aliphatic carbocycles. The van der Waals surface area contributed by atoms with Gasteiger partial charge in [0.1, 0.15) is 12.1 Å². The van der Waals surface area contributed by atoms with Gasteiger partial charge in [0.15, 0.2) is 0 Å². The first-order valence-corrected chi connectivity index (χ1v) is 9.46. The normalized spacial score (nSPS) is 16.3. The lowest BCUT2D eigenvalue weighted by molar-refractivity contribution is 0.400. The topological polar surface area (TPSA) is 101 Å². The van der Waals surface area contributed by atoms with Crippen LogP contribution in [-0.4, -0.2) is 38.0 Å². The van der Waals surface area contributed by atoms with Gasteiger partial charge in [-0.1, -0.05) is 30.3 Å². The molecular formula is C16H21N5O2S. The SMILES string of the molecule is NS(=O)(=O)NCC1CCN(c2cc(-c3ccccc3)ncn2)CC1. The number of aromatic nitrogens is 2. The molecule has 0 amide bonds. The lowest BCUT2D eigenvalue weighted by Crippen LogP contribution is -2.40. The lowest BCUT2D eigenvalue weighted by Gasteiger charge is -2.32. The summed E-state index contributed by atoms with van der Waals surface area (Å²) in [5.74, 6) is 1.21. The summed E-state index contributed by atoms with van der Waals surface area (Å²) < 4.78 is 24.3. The largest absolute Gasteiger partial charge is 0.356 e. The number of nitrogens with one attached hydrogen (secondary N) is 1. The Bertz CT molecular complexity index is 774. The third-order valence-corrected chi connectivity index (χ3v) is 4.80. The zero-order chi connectivity index (χ0) is 17.0. The first-order chi connectivity index (χ1) is 11.5. The number of piperidine rings is 1. The van der Waals surface area contributed by atoms with Crippen LogP contribution in [0.2, 0.25) is 0 Å². The summed E-state index contributed by atoms with van der Waals surface area (Å²) in [5.41, 5.74) is 1.96. The maximum atomic E-state index is 11.0. The highest BCUT2D eigenvalue weighted by Gasteiger charge is 2.21. The standard InChI is InChI=1S/C16H21N5O2S/c17-24(22,23)20-11-13-6-8-21(9-7-13)16-10-15(18-12-19-16)14-4-2-1-3-5-14/h1-5,10,12-13,20H,6-9,11H2,(H2,17,22,23). The van der Waals surface area contributed by atoms with Gasteiger partial charge in [0.05, 0.1) is 5.69 Å². The van der Waals surface area contributed by atoms with Crippen LogP contribution in [0.15, 0.2) is 42.7 Å². The zero-order valence-electron chi connectivity index (χ0n) is 13.3. The molecule has 1 aliphatic heterocycles. The van der Waals surface area contributed by atoms with Crippen LogP contribution in [0.1, 0.15) is 12.8 Å². The van der Waals surface area contributed by atoms with Gasteiger partial charge in [-0.2, -0.15) is 8.42 Å². The second-order valence-corrected chi connectivity index (χ2v) is 7.33. The molecule has 0 unspecified atom stereocenters. The fraction of sp³-hybridized carbons (Fsp3) is 0.375. The van der Waals surface area contributed by atoms with Crippen molar-refractivity contribution < 1.29 is 8.42 Å². The van der Waals surface area contributed by atoms with Crippen molar-refractivity contribution in [1.29, 1.82) is 0 Å². The molecule has 0 bridgehead atoms. The molecule has 7 nitrogen and oxygen atoms in total. The maximum Gasteiger partial charge on any atom is 0.274 e. The molecule has 1 saturated heterocycles. The van der Waals surface area contributed by atoms with Crippen molar-refractivity contribution >= 4 is 16.0 Å². The van der Waals surface area contributed by atoms with E-state index in [2.05, 4.69) is 19.6 Å². The van der Waals surface area contributed by atoms with Crippen molar-refractivity contribution in [2.24, 2.45) is 11.1 Å². The summed E-state index contributed by atoms with van der Waals surface area (Å²) in [4.78, 5) is 10.9. The number of nitrogens with zero attached hydrogens (tertiary/aromatic N) is 3. The molecule has 1 aromatic heterocycles. The van der Waals surface area contributed by atoms with E-state index in [0.717, 1.165) is 43.0 Å². The van der Waals surface area contributed by atoms with Crippen LogP contribution in [0.5, 0.6) is 0 Å². The smallest absolute Gasteiger partial charge is 0.274 e. The minimum Gasteiger partial charge on any atom is -0.356 e. The minimum atomic E-state index is -3.61. The quantitative estimate of drug-likeness (QED) is 0.845. The summed E-state index contributed by atoms with van der Waals surface area (Å²) >= 11 is 0. The molecule has 3 rings (SSSR count). The van der Waals surface area contributed by atoms with Crippen LogP contribution < -0.4 is 14.8 Å². The maximum absolute atomic E-state index is 11.0. The van der Waals surface area contributed by atoms with E-state index in [0.29, 0.717) is 12.5 Å². The number of nitrogens with two attached hydrogens (primary N) is 1. The van der Waals surface area contributed by atoms with Gasteiger partial charge in [-0.05, 0) is 18.8 Å². The van der Waals surface area contributed by atoms with Gasteiger partial charge in [-0.3, -0.25) is 0 Å². The molecule has 1 aliphatic rings. The van der Waals surface area contributed by atoms with Gasteiger partial charge in [0.25, 0.3) is 10.2 Å². The first-order valence-electron chi connectivity index (χ1n) is 7.91. The molecule has 2 heterocycles. The Morgan fingerprint density at radius 3 is 2.54 bits per heavy atom. The molecule has 3 N–H and O–H groups in total. The highest BCUT2D eigenvalue weighted by molar-refractivity contribution is 7.87. The van der Waals surface area contributed by atoms with Crippen LogP contribution in [-0.2, 0) is 10.2 Å². The molecule has 2 aromatic rings. The van der Waals surface area contributed by atoms with E-state index in [4.69, 9.17) is 5.14 Å². The molecule has 1 aromatic carbocycles. The van der Waals surface area contributed by atoms with Crippen molar-refractivity contribution in [3.8, 4) is 11.3 Å². The van der Waals surface area contributed by atoms with E-state index in [-0.39, 0.29) is 0 Å². The number of benzene rings is 1. The number of anilines is 1. The van der Waals surface area contributed by atoms with Crippen LogP contribution in [0.4, 0.5) is 5.82 Å². The average molecular weight is 347 g/mol. The third-order valence-electron chi connectivity index (χ3n) is 4.23. The summed E-state index contributed by atoms with van der Waals surface area (Å²) in [6.07, 6.45) is 3.38. The van der Waals surface area contributed by atoms with Crippen molar-refractivity contribution in [1.82, 2.24) is 14.7 Å². The molecule has 0 saturated carbocycles. The van der Waals surface area contributed by atoms with Crippen LogP contribution in [0.25, 0.3) is 11.3 Å². The summed E-state index contributed by atoms with van der Waals surface area (Å²) in [6, 6.07) is 12.0. The first kappa shape index (κ1) is 16.8. The molecule has 128 valence electrons.